The minimum Gasteiger partial charge on any atom is -0.481 e. The summed E-state index contributed by atoms with van der Waals surface area (Å²) in [6.45, 7) is 0. The molecule has 1 aromatic heterocycles. The van der Waals surface area contributed by atoms with Gasteiger partial charge in [0.15, 0.2) is 0 Å². The van der Waals surface area contributed by atoms with Crippen molar-refractivity contribution < 1.29 is 32.3 Å². The van der Waals surface area contributed by atoms with Crippen LogP contribution in [0.25, 0.3) is 11.4 Å². The summed E-state index contributed by atoms with van der Waals surface area (Å²) in [5.41, 5.74) is 0.000139. The van der Waals surface area contributed by atoms with Crippen molar-refractivity contribution in [3.8, 4) is 17.1 Å². The zero-order valence-electron chi connectivity index (χ0n) is 10.4. The van der Waals surface area contributed by atoms with E-state index in [-0.39, 0.29) is 30.1 Å². The molecule has 0 aliphatic rings. The number of aliphatic carboxylic acids is 1. The zero-order valence-corrected chi connectivity index (χ0v) is 10.4. The van der Waals surface area contributed by atoms with E-state index >= 15 is 0 Å². The average molecular weight is 302 g/mol. The molecule has 112 valence electrons. The number of nitrogens with zero attached hydrogens (tertiary/aromatic N) is 2. The summed E-state index contributed by atoms with van der Waals surface area (Å²) in [6, 6.07) is 5.32. The molecule has 0 bridgehead atoms. The fourth-order valence-corrected chi connectivity index (χ4v) is 1.54. The van der Waals surface area contributed by atoms with E-state index in [2.05, 4.69) is 14.9 Å². The molecule has 6 nitrogen and oxygen atoms in total. The Hall–Kier alpha value is -2.58. The van der Waals surface area contributed by atoms with Crippen LogP contribution in [-0.4, -0.2) is 27.6 Å². The first-order valence-electron chi connectivity index (χ1n) is 5.74. The number of hydrogen-bond acceptors (Lipinski definition) is 5. The van der Waals surface area contributed by atoms with Crippen LogP contribution in [0.3, 0.4) is 0 Å². The zero-order chi connectivity index (χ0) is 15.5. The second-order valence-electron chi connectivity index (χ2n) is 3.95. The molecular weight excluding hydrogens is 293 g/mol. The van der Waals surface area contributed by atoms with Gasteiger partial charge in [0.05, 0.1) is 12.0 Å². The summed E-state index contributed by atoms with van der Waals surface area (Å²) in [6.07, 6.45) is -5.07. The normalized spacial score (nSPS) is 11.4. The van der Waals surface area contributed by atoms with Crippen molar-refractivity contribution in [2.24, 2.45) is 0 Å². The summed E-state index contributed by atoms with van der Waals surface area (Å²) in [7, 11) is 0. The summed E-state index contributed by atoms with van der Waals surface area (Å²) >= 11 is 0. The van der Waals surface area contributed by atoms with Crippen molar-refractivity contribution >= 4 is 5.97 Å². The summed E-state index contributed by atoms with van der Waals surface area (Å²) in [5.74, 6) is -1.59. The van der Waals surface area contributed by atoms with Gasteiger partial charge in [-0.1, -0.05) is 17.3 Å². The van der Waals surface area contributed by atoms with Gasteiger partial charge in [-0.15, -0.1) is 13.2 Å². The molecule has 0 spiro atoms. The van der Waals surface area contributed by atoms with Crippen LogP contribution in [-0.2, 0) is 11.2 Å². The summed E-state index contributed by atoms with van der Waals surface area (Å²) in [5, 5.41) is 12.1. The lowest BCUT2D eigenvalue weighted by Gasteiger charge is -2.10. The van der Waals surface area contributed by atoms with Gasteiger partial charge in [-0.05, 0) is 12.1 Å². The van der Waals surface area contributed by atoms with Gasteiger partial charge in [-0.2, -0.15) is 4.98 Å². The maximum atomic E-state index is 12.3. The predicted octanol–water partition coefficient (Wildman–Crippen LogP) is 2.65. The van der Waals surface area contributed by atoms with E-state index in [1.165, 1.54) is 18.2 Å². The molecule has 0 saturated carbocycles. The molecule has 9 heteroatoms. The number of benzene rings is 1. The number of rotatable bonds is 5. The molecule has 0 atom stereocenters. The highest BCUT2D eigenvalue weighted by atomic mass is 19.4. The maximum Gasteiger partial charge on any atom is 0.573 e. The first-order chi connectivity index (χ1) is 9.85. The number of aromatic nitrogens is 2. The number of ether oxygens (including phenoxy) is 1. The largest absolute Gasteiger partial charge is 0.573 e. The number of hydrogen-bond donors (Lipinski definition) is 1. The second kappa shape index (κ2) is 5.81. The fourth-order valence-electron chi connectivity index (χ4n) is 1.54. The van der Waals surface area contributed by atoms with E-state index in [1.807, 2.05) is 0 Å². The smallest absolute Gasteiger partial charge is 0.481 e. The molecule has 0 amide bonds. The van der Waals surface area contributed by atoms with Crippen LogP contribution in [0.2, 0.25) is 0 Å². The maximum absolute atomic E-state index is 12.3. The highest BCUT2D eigenvalue weighted by Crippen LogP contribution is 2.32. The standard InChI is InChI=1S/C12H9F3N2O4/c13-12(14,15)20-8-4-2-1-3-7(8)11-16-9(21-17-11)5-6-10(18)19/h1-4H,5-6H2,(H,18,19). The van der Waals surface area contributed by atoms with Crippen LogP contribution >= 0.6 is 0 Å². The fraction of sp³-hybridized carbons (Fsp3) is 0.250. The molecule has 2 aromatic rings. The number of halogens is 3. The molecule has 2 rings (SSSR count). The lowest BCUT2D eigenvalue weighted by molar-refractivity contribution is -0.274. The van der Waals surface area contributed by atoms with Crippen molar-refractivity contribution in [1.29, 1.82) is 0 Å². The lowest BCUT2D eigenvalue weighted by atomic mass is 10.2. The predicted molar refractivity (Wildman–Crippen MR) is 62.4 cm³/mol. The molecular formula is C12H9F3N2O4. The number of carbonyl (C=O) groups is 1. The molecule has 1 N–H and O–H groups in total. The van der Waals surface area contributed by atoms with Crippen LogP contribution in [0, 0.1) is 0 Å². The number of carboxylic acid groups (broad SMARTS) is 1. The van der Waals surface area contributed by atoms with E-state index in [4.69, 9.17) is 9.63 Å². The van der Waals surface area contributed by atoms with Crippen molar-refractivity contribution in [3.63, 3.8) is 0 Å². The minimum atomic E-state index is -4.84. The first kappa shape index (κ1) is 14.8. The third-order valence-corrected chi connectivity index (χ3v) is 2.37. The van der Waals surface area contributed by atoms with E-state index in [0.29, 0.717) is 0 Å². The highest BCUT2D eigenvalue weighted by molar-refractivity contribution is 5.67. The average Bonchev–Trinajstić information content (AvgIpc) is 2.83. The summed E-state index contributed by atoms with van der Waals surface area (Å²) in [4.78, 5) is 14.3. The van der Waals surface area contributed by atoms with Gasteiger partial charge in [0, 0.05) is 6.42 Å². The van der Waals surface area contributed by atoms with E-state index in [0.717, 1.165) is 6.07 Å². The van der Waals surface area contributed by atoms with Crippen LogP contribution < -0.4 is 4.74 Å². The number of aryl methyl sites for hydroxylation is 1. The Bertz CT molecular complexity index is 639. The first-order valence-corrected chi connectivity index (χ1v) is 5.74. The van der Waals surface area contributed by atoms with Crippen LogP contribution in [0.5, 0.6) is 5.75 Å². The molecule has 0 aliphatic carbocycles. The Balaban J connectivity index is 2.24. The summed E-state index contributed by atoms with van der Waals surface area (Å²) < 4.78 is 45.6. The van der Waals surface area contributed by atoms with Gasteiger partial charge in [-0.3, -0.25) is 4.79 Å². The molecule has 0 saturated heterocycles. The molecule has 0 aliphatic heterocycles. The molecule has 0 fully saturated rings. The quantitative estimate of drug-likeness (QED) is 0.914. The second-order valence-corrected chi connectivity index (χ2v) is 3.95. The van der Waals surface area contributed by atoms with Crippen LogP contribution in [0.4, 0.5) is 13.2 Å². The van der Waals surface area contributed by atoms with Gasteiger partial charge in [0.25, 0.3) is 0 Å². The third-order valence-electron chi connectivity index (χ3n) is 2.37. The molecule has 1 aromatic carbocycles. The SMILES string of the molecule is O=C(O)CCc1nc(-c2ccccc2OC(F)(F)F)no1. The Morgan fingerprint density at radius 3 is 2.71 bits per heavy atom. The van der Waals surface area contributed by atoms with Crippen molar-refractivity contribution in [3.05, 3.63) is 30.2 Å². The van der Waals surface area contributed by atoms with Gasteiger partial charge in [-0.25, -0.2) is 0 Å². The Morgan fingerprint density at radius 2 is 2.05 bits per heavy atom. The molecule has 1 heterocycles. The molecule has 0 radical (unpaired) electrons. The Labute approximate surface area is 116 Å². The Kier molecular flexibility index (Phi) is 4.10. The lowest BCUT2D eigenvalue weighted by Crippen LogP contribution is -2.17. The van der Waals surface area contributed by atoms with Crippen LogP contribution in [0.1, 0.15) is 12.3 Å². The van der Waals surface area contributed by atoms with Crippen molar-refractivity contribution in [2.45, 2.75) is 19.2 Å². The molecule has 21 heavy (non-hydrogen) atoms. The third kappa shape index (κ3) is 4.20. The van der Waals surface area contributed by atoms with Crippen molar-refractivity contribution in [1.82, 2.24) is 10.1 Å². The van der Waals surface area contributed by atoms with Gasteiger partial charge < -0.3 is 14.4 Å². The Morgan fingerprint density at radius 1 is 1.33 bits per heavy atom. The number of carboxylic acids is 1. The van der Waals surface area contributed by atoms with Gasteiger partial charge in [0.1, 0.15) is 5.75 Å². The monoisotopic (exact) mass is 302 g/mol. The topological polar surface area (TPSA) is 85.5 Å². The van der Waals surface area contributed by atoms with E-state index < -0.39 is 18.1 Å². The van der Waals surface area contributed by atoms with Crippen LogP contribution in [0.15, 0.2) is 28.8 Å². The van der Waals surface area contributed by atoms with Gasteiger partial charge >= 0.3 is 12.3 Å². The number of para-hydroxylation sites is 1. The molecule has 0 unspecified atom stereocenters. The highest BCUT2D eigenvalue weighted by Gasteiger charge is 2.32. The van der Waals surface area contributed by atoms with E-state index in [9.17, 15) is 18.0 Å². The van der Waals surface area contributed by atoms with E-state index in [1.54, 1.807) is 0 Å². The van der Waals surface area contributed by atoms with Crippen molar-refractivity contribution in [2.75, 3.05) is 0 Å². The number of alkyl halides is 3. The van der Waals surface area contributed by atoms with Gasteiger partial charge in [0.2, 0.25) is 11.7 Å². The minimum absolute atomic E-state index is 0.000139.